The van der Waals surface area contributed by atoms with Gasteiger partial charge in [0.15, 0.2) is 0 Å². The first-order chi connectivity index (χ1) is 13.9. The van der Waals surface area contributed by atoms with Crippen LogP contribution >= 0.6 is 11.3 Å². The van der Waals surface area contributed by atoms with Gasteiger partial charge in [0.2, 0.25) is 0 Å². The average Bonchev–Trinajstić information content (AvgIpc) is 3.34. The van der Waals surface area contributed by atoms with E-state index < -0.39 is 12.2 Å². The molecule has 2 aromatic heterocycles. The molecule has 1 aliphatic heterocycles. The van der Waals surface area contributed by atoms with Crippen LogP contribution in [0.4, 0.5) is 9.59 Å². The minimum atomic E-state index is -0.452. The molecule has 0 bridgehead atoms. The first-order valence-electron chi connectivity index (χ1n) is 9.99. The van der Waals surface area contributed by atoms with Crippen molar-refractivity contribution in [3.8, 4) is 11.3 Å². The smallest absolute Gasteiger partial charge is 0.407 e. The van der Waals surface area contributed by atoms with Gasteiger partial charge in [-0.2, -0.15) is 11.3 Å². The summed E-state index contributed by atoms with van der Waals surface area (Å²) in [5.41, 5.74) is 5.17. The average molecular weight is 420 g/mol. The Morgan fingerprint density at radius 3 is 2.24 bits per heavy atom. The number of amides is 2. The number of carbonyl (C=O) groups excluding carboxylic acids is 2. The third-order valence-corrected chi connectivity index (χ3v) is 5.38. The van der Waals surface area contributed by atoms with E-state index in [0.717, 1.165) is 47.5 Å². The van der Waals surface area contributed by atoms with Crippen molar-refractivity contribution < 1.29 is 19.1 Å². The molecule has 0 fully saturated rings. The van der Waals surface area contributed by atoms with Crippen LogP contribution < -0.4 is 10.6 Å². The number of thiophene rings is 1. The maximum atomic E-state index is 12.1. The van der Waals surface area contributed by atoms with Crippen molar-refractivity contribution in [2.75, 3.05) is 0 Å². The second kappa shape index (κ2) is 9.35. The molecular weight excluding hydrogens is 390 g/mol. The summed E-state index contributed by atoms with van der Waals surface area (Å²) in [7, 11) is 0. The molecule has 0 radical (unpaired) electrons. The van der Waals surface area contributed by atoms with Crippen molar-refractivity contribution in [2.45, 2.75) is 72.4 Å². The van der Waals surface area contributed by atoms with Crippen LogP contribution in [0.1, 0.15) is 50.9 Å². The highest BCUT2D eigenvalue weighted by atomic mass is 32.1. The SMILES string of the molecule is CC(C)NC(=O)OCc1c(COC(=O)NC(C)C)c(-c2ccsc2)n2c1CCC2. The summed E-state index contributed by atoms with van der Waals surface area (Å²) in [4.78, 5) is 24.1. The van der Waals surface area contributed by atoms with Gasteiger partial charge in [0.25, 0.3) is 0 Å². The summed E-state index contributed by atoms with van der Waals surface area (Å²) in [6.45, 7) is 8.74. The van der Waals surface area contributed by atoms with Gasteiger partial charge in [0.05, 0.1) is 5.69 Å². The van der Waals surface area contributed by atoms with Crippen molar-refractivity contribution in [2.24, 2.45) is 0 Å². The summed E-state index contributed by atoms with van der Waals surface area (Å²) in [6.07, 6.45) is 1.07. The predicted octanol–water partition coefficient (Wildman–Crippen LogP) is 4.43. The van der Waals surface area contributed by atoms with Gasteiger partial charge < -0.3 is 24.7 Å². The van der Waals surface area contributed by atoms with E-state index in [4.69, 9.17) is 9.47 Å². The van der Waals surface area contributed by atoms with Crippen molar-refractivity contribution in [1.29, 1.82) is 0 Å². The zero-order valence-corrected chi connectivity index (χ0v) is 18.2. The molecule has 0 aromatic carbocycles. The van der Waals surface area contributed by atoms with E-state index in [1.165, 1.54) is 0 Å². The van der Waals surface area contributed by atoms with Gasteiger partial charge in [-0.15, -0.1) is 0 Å². The fourth-order valence-electron chi connectivity index (χ4n) is 3.60. The molecule has 0 atom stereocenters. The van der Waals surface area contributed by atoms with Gasteiger partial charge >= 0.3 is 12.2 Å². The van der Waals surface area contributed by atoms with E-state index in [-0.39, 0.29) is 25.3 Å². The Morgan fingerprint density at radius 2 is 1.69 bits per heavy atom. The molecule has 2 amide bonds. The van der Waals surface area contributed by atoms with Crippen LogP contribution in [0.25, 0.3) is 11.3 Å². The third-order valence-electron chi connectivity index (χ3n) is 4.69. The summed E-state index contributed by atoms with van der Waals surface area (Å²) in [5, 5.41) is 9.62. The first-order valence-corrected chi connectivity index (χ1v) is 10.9. The van der Waals surface area contributed by atoms with Gasteiger partial charge in [0, 0.05) is 46.4 Å². The van der Waals surface area contributed by atoms with Crippen molar-refractivity contribution in [3.05, 3.63) is 33.6 Å². The van der Waals surface area contributed by atoms with Gasteiger partial charge in [-0.1, -0.05) is 0 Å². The number of rotatable bonds is 7. The minimum Gasteiger partial charge on any atom is -0.445 e. The summed E-state index contributed by atoms with van der Waals surface area (Å²) >= 11 is 1.63. The predicted molar refractivity (Wildman–Crippen MR) is 113 cm³/mol. The molecular formula is C21H29N3O4S. The summed E-state index contributed by atoms with van der Waals surface area (Å²) in [5.74, 6) is 0. The van der Waals surface area contributed by atoms with Crippen LogP contribution in [0, 0.1) is 0 Å². The quantitative estimate of drug-likeness (QED) is 0.695. The number of aromatic nitrogens is 1. The van der Waals surface area contributed by atoms with Gasteiger partial charge in [-0.05, 0) is 52.0 Å². The number of ether oxygens (including phenoxy) is 2. The summed E-state index contributed by atoms with van der Waals surface area (Å²) < 4.78 is 13.3. The number of hydrogen-bond donors (Lipinski definition) is 2. The number of alkyl carbamates (subject to hydrolysis) is 2. The third kappa shape index (κ3) is 5.12. The molecule has 29 heavy (non-hydrogen) atoms. The highest BCUT2D eigenvalue weighted by molar-refractivity contribution is 7.08. The van der Waals surface area contributed by atoms with Crippen molar-refractivity contribution in [3.63, 3.8) is 0 Å². The number of carbonyl (C=O) groups is 2. The standard InChI is InChI=1S/C21H29N3O4S/c1-13(2)22-20(25)27-10-16-17(11-28-21(26)23-14(3)4)19(15-7-9-29-12-15)24-8-5-6-18(16)24/h7,9,12-14H,5-6,8,10-11H2,1-4H3,(H,22,25)(H,23,26). The van der Waals surface area contributed by atoms with Crippen LogP contribution in [0.3, 0.4) is 0 Å². The molecule has 0 spiro atoms. The fourth-order valence-corrected chi connectivity index (χ4v) is 4.24. The number of nitrogens with one attached hydrogen (secondary N) is 2. The molecule has 0 saturated carbocycles. The van der Waals surface area contributed by atoms with E-state index in [9.17, 15) is 9.59 Å². The lowest BCUT2D eigenvalue weighted by Gasteiger charge is -2.13. The van der Waals surface area contributed by atoms with Crippen LogP contribution in [-0.4, -0.2) is 28.8 Å². The Bertz CT molecular complexity index is 856. The molecule has 2 N–H and O–H groups in total. The lowest BCUT2D eigenvalue weighted by atomic mass is 10.0. The van der Waals surface area contributed by atoms with E-state index in [1.807, 2.05) is 33.1 Å². The highest BCUT2D eigenvalue weighted by Crippen LogP contribution is 2.37. The van der Waals surface area contributed by atoms with Gasteiger partial charge in [-0.3, -0.25) is 0 Å². The second-order valence-electron chi connectivity index (χ2n) is 7.77. The molecule has 0 unspecified atom stereocenters. The van der Waals surface area contributed by atoms with E-state index >= 15 is 0 Å². The molecule has 0 saturated heterocycles. The molecule has 1 aliphatic rings. The van der Waals surface area contributed by atoms with E-state index in [0.29, 0.717) is 0 Å². The summed E-state index contributed by atoms with van der Waals surface area (Å²) in [6, 6.07) is 2.07. The Kier molecular flexibility index (Phi) is 6.84. The number of fused-ring (bicyclic) bond motifs is 1. The molecule has 3 heterocycles. The Hall–Kier alpha value is -2.48. The topological polar surface area (TPSA) is 81.6 Å². The second-order valence-corrected chi connectivity index (χ2v) is 8.55. The van der Waals surface area contributed by atoms with Gasteiger partial charge in [0.1, 0.15) is 13.2 Å². The lowest BCUT2D eigenvalue weighted by molar-refractivity contribution is 0.129. The van der Waals surface area contributed by atoms with Gasteiger partial charge in [-0.25, -0.2) is 9.59 Å². The first kappa shape index (κ1) is 21.2. The maximum absolute atomic E-state index is 12.1. The maximum Gasteiger partial charge on any atom is 0.407 e. The molecule has 3 rings (SSSR count). The lowest BCUT2D eigenvalue weighted by Crippen LogP contribution is -2.31. The van der Waals surface area contributed by atoms with Crippen LogP contribution in [0.15, 0.2) is 16.8 Å². The monoisotopic (exact) mass is 419 g/mol. The Morgan fingerprint density at radius 1 is 1.07 bits per heavy atom. The minimum absolute atomic E-state index is 0.000389. The zero-order valence-electron chi connectivity index (χ0n) is 17.4. The molecule has 8 heteroatoms. The molecule has 0 aliphatic carbocycles. The molecule has 7 nitrogen and oxygen atoms in total. The highest BCUT2D eigenvalue weighted by Gasteiger charge is 2.28. The van der Waals surface area contributed by atoms with E-state index in [1.54, 1.807) is 11.3 Å². The largest absolute Gasteiger partial charge is 0.445 e. The normalized spacial score (nSPS) is 12.9. The fraction of sp³-hybridized carbons (Fsp3) is 0.524. The number of hydrogen-bond acceptors (Lipinski definition) is 5. The van der Waals surface area contributed by atoms with Crippen molar-refractivity contribution in [1.82, 2.24) is 15.2 Å². The Labute approximate surface area is 175 Å². The molecule has 158 valence electrons. The number of nitrogens with zero attached hydrogens (tertiary/aromatic N) is 1. The Balaban J connectivity index is 1.90. The van der Waals surface area contributed by atoms with E-state index in [2.05, 4.69) is 26.6 Å². The van der Waals surface area contributed by atoms with Crippen LogP contribution in [0.5, 0.6) is 0 Å². The van der Waals surface area contributed by atoms with Crippen LogP contribution in [-0.2, 0) is 35.7 Å². The van der Waals surface area contributed by atoms with Crippen LogP contribution in [0.2, 0.25) is 0 Å². The van der Waals surface area contributed by atoms with Crippen molar-refractivity contribution >= 4 is 23.5 Å². The zero-order chi connectivity index (χ0) is 21.0. The molecule has 2 aromatic rings.